The standard InChI is InChI=1S/C39H44ClN7O5/c1-39(2,3)52-38(51)41-20-22-6-10-25(11-7-22)35(48)45-33(36(49)42-26-14-15-29-30(17-26)47-37(50)46-29)16-21-4-8-23(9-5-21)27-18-31-32(19-28(27)40)44-34(43-31)24-12-13-24/h4-5,8-9,14-15,17-19,22,24-25,33H,6-7,10-13,16,20H2,1-3H3,(H,41,51)(H,42,49)(H,43,44)(H,45,48)(H2,46,47,50)/t22?,25?,33-/m0/s1. The average Bonchev–Trinajstić information content (AvgIpc) is 3.76. The summed E-state index contributed by atoms with van der Waals surface area (Å²) in [6, 6.07) is 16.0. The van der Waals surface area contributed by atoms with E-state index in [0.29, 0.717) is 47.0 Å². The Kier molecular flexibility index (Phi) is 9.84. The van der Waals surface area contributed by atoms with Crippen LogP contribution >= 0.6 is 11.6 Å². The number of amides is 3. The second kappa shape index (κ2) is 14.5. The topological polar surface area (TPSA) is 174 Å². The normalized spacial score (nSPS) is 18.2. The first-order valence-electron chi connectivity index (χ1n) is 18.0. The van der Waals surface area contributed by atoms with Gasteiger partial charge in [-0.2, -0.15) is 0 Å². The molecule has 52 heavy (non-hydrogen) atoms. The van der Waals surface area contributed by atoms with E-state index in [0.717, 1.165) is 59.2 Å². The van der Waals surface area contributed by atoms with Gasteiger partial charge in [-0.15, -0.1) is 0 Å². The Labute approximate surface area is 305 Å². The van der Waals surface area contributed by atoms with E-state index >= 15 is 0 Å². The molecule has 2 aromatic heterocycles. The van der Waals surface area contributed by atoms with Crippen molar-refractivity contribution in [1.82, 2.24) is 30.6 Å². The fourth-order valence-electron chi connectivity index (χ4n) is 6.89. The van der Waals surface area contributed by atoms with Gasteiger partial charge >= 0.3 is 11.8 Å². The summed E-state index contributed by atoms with van der Waals surface area (Å²) < 4.78 is 5.35. The predicted octanol–water partition coefficient (Wildman–Crippen LogP) is 6.93. The molecule has 0 unspecified atom stereocenters. The molecule has 2 fully saturated rings. The Bertz CT molecular complexity index is 2170. The largest absolute Gasteiger partial charge is 0.444 e. The van der Waals surface area contributed by atoms with Gasteiger partial charge in [0.15, 0.2) is 0 Å². The van der Waals surface area contributed by atoms with E-state index in [-0.39, 0.29) is 35.8 Å². The third-order valence-corrected chi connectivity index (χ3v) is 10.1. The number of imidazole rings is 2. The van der Waals surface area contributed by atoms with Crippen LogP contribution in [0, 0.1) is 11.8 Å². The van der Waals surface area contributed by atoms with Gasteiger partial charge in [0, 0.05) is 36.1 Å². The van der Waals surface area contributed by atoms with E-state index in [4.69, 9.17) is 21.3 Å². The average molecular weight is 726 g/mol. The number of anilines is 1. The minimum absolute atomic E-state index is 0.176. The number of aromatic amines is 3. The van der Waals surface area contributed by atoms with Crippen molar-refractivity contribution in [1.29, 1.82) is 0 Å². The highest BCUT2D eigenvalue weighted by molar-refractivity contribution is 6.34. The quantitative estimate of drug-likeness (QED) is 0.0911. The molecular weight excluding hydrogens is 682 g/mol. The Morgan fingerprint density at radius 2 is 1.63 bits per heavy atom. The first-order chi connectivity index (χ1) is 24.9. The lowest BCUT2D eigenvalue weighted by molar-refractivity contribution is -0.130. The highest BCUT2D eigenvalue weighted by Gasteiger charge is 2.31. The van der Waals surface area contributed by atoms with Gasteiger partial charge in [-0.3, -0.25) is 9.59 Å². The van der Waals surface area contributed by atoms with Crippen molar-refractivity contribution in [3.63, 3.8) is 0 Å². The number of H-pyrrole nitrogens is 3. The van der Waals surface area contributed by atoms with Crippen LogP contribution in [-0.4, -0.2) is 56.0 Å². The second-order valence-electron chi connectivity index (χ2n) is 15.1. The van der Waals surface area contributed by atoms with E-state index in [1.807, 2.05) is 57.2 Å². The maximum atomic E-state index is 13.8. The number of hydrogen-bond donors (Lipinski definition) is 6. The van der Waals surface area contributed by atoms with Crippen LogP contribution in [0.15, 0.2) is 59.4 Å². The number of nitrogens with one attached hydrogen (secondary N) is 6. The van der Waals surface area contributed by atoms with Crippen LogP contribution in [0.5, 0.6) is 0 Å². The van der Waals surface area contributed by atoms with Gasteiger partial charge in [0.25, 0.3) is 0 Å². The summed E-state index contributed by atoms with van der Waals surface area (Å²) in [6.45, 7) is 5.96. The van der Waals surface area contributed by atoms with Crippen molar-refractivity contribution in [2.24, 2.45) is 11.8 Å². The molecule has 0 saturated heterocycles. The van der Waals surface area contributed by atoms with Crippen molar-refractivity contribution in [2.75, 3.05) is 11.9 Å². The third-order valence-electron chi connectivity index (χ3n) is 9.83. The molecule has 6 N–H and O–H groups in total. The molecule has 13 heteroatoms. The minimum atomic E-state index is -0.865. The van der Waals surface area contributed by atoms with Gasteiger partial charge in [-0.05, 0) is 107 Å². The number of carbonyl (C=O) groups is 3. The summed E-state index contributed by atoms with van der Waals surface area (Å²) in [5.74, 6) is 0.953. The van der Waals surface area contributed by atoms with Crippen LogP contribution in [0.4, 0.5) is 10.5 Å². The van der Waals surface area contributed by atoms with Crippen molar-refractivity contribution in [2.45, 2.75) is 83.3 Å². The molecule has 0 bridgehead atoms. The second-order valence-corrected chi connectivity index (χ2v) is 15.5. The number of alkyl carbamates (subject to hydrolysis) is 1. The van der Waals surface area contributed by atoms with Gasteiger partial charge in [0.2, 0.25) is 11.8 Å². The van der Waals surface area contributed by atoms with Crippen molar-refractivity contribution in [3.8, 4) is 11.1 Å². The van der Waals surface area contributed by atoms with Gasteiger partial charge in [0.1, 0.15) is 17.5 Å². The number of fused-ring (bicyclic) bond motifs is 2. The Morgan fingerprint density at radius 3 is 2.35 bits per heavy atom. The molecular formula is C39H44ClN7O5. The zero-order valence-electron chi connectivity index (χ0n) is 29.5. The Balaban J connectivity index is 1.03. The molecule has 7 rings (SSSR count). The summed E-state index contributed by atoms with van der Waals surface area (Å²) >= 11 is 6.72. The number of hydrogen-bond acceptors (Lipinski definition) is 6. The lowest BCUT2D eigenvalue weighted by atomic mass is 9.81. The lowest BCUT2D eigenvalue weighted by Gasteiger charge is -2.29. The van der Waals surface area contributed by atoms with Gasteiger partial charge in [-0.1, -0.05) is 35.9 Å². The Morgan fingerprint density at radius 1 is 0.904 bits per heavy atom. The molecule has 5 aromatic rings. The molecule has 2 saturated carbocycles. The van der Waals surface area contributed by atoms with Crippen molar-refractivity contribution < 1.29 is 19.1 Å². The summed E-state index contributed by atoms with van der Waals surface area (Å²) in [6.07, 6.45) is 4.96. The first kappa shape index (κ1) is 35.3. The van der Waals surface area contributed by atoms with Gasteiger partial charge in [0.05, 0.1) is 27.1 Å². The predicted molar refractivity (Wildman–Crippen MR) is 201 cm³/mol. The summed E-state index contributed by atoms with van der Waals surface area (Å²) in [5, 5.41) is 9.44. The molecule has 3 aromatic carbocycles. The van der Waals surface area contributed by atoms with Crippen molar-refractivity contribution >= 4 is 57.3 Å². The first-order valence-corrected chi connectivity index (χ1v) is 18.3. The number of ether oxygens (including phenoxy) is 1. The SMILES string of the molecule is CC(C)(C)OC(=O)NCC1CCC(C(=O)N[C@@H](Cc2ccc(-c3cc4nc(C5CC5)[nH]c4cc3Cl)cc2)C(=O)Nc2ccc3[nH]c(=O)[nH]c3c2)CC1. The smallest absolute Gasteiger partial charge is 0.407 e. The molecule has 2 aliphatic rings. The van der Waals surface area contributed by atoms with Gasteiger partial charge in [-0.25, -0.2) is 14.6 Å². The molecule has 12 nitrogen and oxygen atoms in total. The number of halogens is 1. The fourth-order valence-corrected chi connectivity index (χ4v) is 7.16. The number of carbonyl (C=O) groups excluding carboxylic acids is 3. The number of aromatic nitrogens is 4. The molecule has 0 aliphatic heterocycles. The van der Waals surface area contributed by atoms with E-state index in [1.165, 1.54) is 0 Å². The molecule has 0 radical (unpaired) electrons. The highest BCUT2D eigenvalue weighted by atomic mass is 35.5. The van der Waals surface area contributed by atoms with Crippen LogP contribution in [0.25, 0.3) is 33.2 Å². The Hall–Kier alpha value is -5.10. The molecule has 2 heterocycles. The van der Waals surface area contributed by atoms with E-state index in [9.17, 15) is 19.2 Å². The van der Waals surface area contributed by atoms with E-state index in [2.05, 4.69) is 30.9 Å². The van der Waals surface area contributed by atoms with E-state index in [1.54, 1.807) is 18.2 Å². The third kappa shape index (κ3) is 8.50. The molecule has 272 valence electrons. The van der Waals surface area contributed by atoms with Crippen LogP contribution in [0.2, 0.25) is 5.02 Å². The van der Waals surface area contributed by atoms with Crippen LogP contribution in [-0.2, 0) is 20.7 Å². The summed E-state index contributed by atoms with van der Waals surface area (Å²) in [7, 11) is 0. The zero-order valence-corrected chi connectivity index (χ0v) is 30.3. The number of nitrogens with zero attached hydrogens (tertiary/aromatic N) is 1. The molecule has 0 spiro atoms. The monoisotopic (exact) mass is 725 g/mol. The zero-order chi connectivity index (χ0) is 36.6. The van der Waals surface area contributed by atoms with Gasteiger partial charge < -0.3 is 35.6 Å². The summed E-state index contributed by atoms with van der Waals surface area (Å²) in [4.78, 5) is 64.9. The number of benzene rings is 3. The van der Waals surface area contributed by atoms with E-state index < -0.39 is 17.7 Å². The summed E-state index contributed by atoms with van der Waals surface area (Å²) in [5.41, 5.74) is 5.22. The molecule has 3 amide bonds. The maximum absolute atomic E-state index is 13.8. The highest BCUT2D eigenvalue weighted by Crippen LogP contribution is 2.40. The van der Waals surface area contributed by atoms with Crippen LogP contribution < -0.4 is 21.6 Å². The maximum Gasteiger partial charge on any atom is 0.407 e. The van der Waals surface area contributed by atoms with Crippen LogP contribution in [0.3, 0.4) is 0 Å². The lowest BCUT2D eigenvalue weighted by Crippen LogP contribution is -2.48. The minimum Gasteiger partial charge on any atom is -0.444 e. The van der Waals surface area contributed by atoms with Crippen molar-refractivity contribution in [3.05, 3.63) is 81.5 Å². The number of rotatable bonds is 10. The molecule has 1 atom stereocenters. The van der Waals surface area contributed by atoms with Crippen LogP contribution in [0.1, 0.15) is 76.6 Å². The molecule has 2 aliphatic carbocycles. The fraction of sp³-hybridized carbons (Fsp3) is 0.410.